The van der Waals surface area contributed by atoms with E-state index < -0.39 is 28.5 Å². The van der Waals surface area contributed by atoms with E-state index in [9.17, 15) is 18.0 Å². The van der Waals surface area contributed by atoms with Gasteiger partial charge in [-0.05, 0) is 68.1 Å². The number of carbonyl (C=O) groups is 2. The molecule has 11 heteroatoms. The largest absolute Gasteiger partial charge is 0.493 e. The van der Waals surface area contributed by atoms with E-state index in [4.69, 9.17) is 21.1 Å². The monoisotopic (exact) mass is 655 g/mol. The van der Waals surface area contributed by atoms with Gasteiger partial charge < -0.3 is 19.7 Å². The smallest absolute Gasteiger partial charge is 0.264 e. The van der Waals surface area contributed by atoms with Gasteiger partial charge in [-0.3, -0.25) is 13.9 Å². The third-order valence-corrected chi connectivity index (χ3v) is 10.1. The molecule has 0 spiro atoms. The van der Waals surface area contributed by atoms with E-state index in [1.54, 1.807) is 24.3 Å². The molecule has 1 N–H and O–H groups in total. The summed E-state index contributed by atoms with van der Waals surface area (Å²) in [5.41, 5.74) is 2.10. The number of halogens is 1. The molecule has 0 heterocycles. The molecular weight excluding hydrogens is 614 g/mol. The molecule has 1 aliphatic rings. The fraction of sp³-hybridized carbons (Fsp3) is 0.412. The summed E-state index contributed by atoms with van der Waals surface area (Å²) in [7, 11) is -1.42. The van der Waals surface area contributed by atoms with Crippen LogP contribution in [0.3, 0.4) is 0 Å². The van der Waals surface area contributed by atoms with Crippen LogP contribution in [0.1, 0.15) is 56.6 Å². The van der Waals surface area contributed by atoms with Crippen LogP contribution in [0, 0.1) is 6.92 Å². The summed E-state index contributed by atoms with van der Waals surface area (Å²) in [6, 6.07) is 17.5. The van der Waals surface area contributed by atoms with Crippen molar-refractivity contribution >= 4 is 39.1 Å². The average Bonchev–Trinajstić information content (AvgIpc) is 3.04. The van der Waals surface area contributed by atoms with Gasteiger partial charge in [-0.2, -0.15) is 0 Å². The molecule has 3 aromatic rings. The minimum atomic E-state index is -4.30. The third-order valence-electron chi connectivity index (χ3n) is 8.11. The zero-order valence-corrected chi connectivity index (χ0v) is 27.9. The Kier molecular flexibility index (Phi) is 11.7. The molecule has 45 heavy (non-hydrogen) atoms. The summed E-state index contributed by atoms with van der Waals surface area (Å²) >= 11 is 6.14. The van der Waals surface area contributed by atoms with Crippen LogP contribution in [0.25, 0.3) is 0 Å². The van der Waals surface area contributed by atoms with E-state index in [2.05, 4.69) is 5.32 Å². The molecule has 2 amide bonds. The molecule has 1 aliphatic carbocycles. The van der Waals surface area contributed by atoms with E-state index in [0.29, 0.717) is 17.2 Å². The Balaban J connectivity index is 1.73. The van der Waals surface area contributed by atoms with Crippen molar-refractivity contribution in [1.29, 1.82) is 0 Å². The summed E-state index contributed by atoms with van der Waals surface area (Å²) in [4.78, 5) is 29.5. The van der Waals surface area contributed by atoms with Crippen LogP contribution >= 0.6 is 11.6 Å². The van der Waals surface area contributed by atoms with Gasteiger partial charge in [-0.15, -0.1) is 0 Å². The lowest BCUT2D eigenvalue weighted by Crippen LogP contribution is -2.54. The molecule has 9 nitrogen and oxygen atoms in total. The highest BCUT2D eigenvalue weighted by molar-refractivity contribution is 7.92. The Morgan fingerprint density at radius 1 is 0.956 bits per heavy atom. The Hall–Kier alpha value is -3.76. The number of sulfonamides is 1. The number of anilines is 1. The van der Waals surface area contributed by atoms with Gasteiger partial charge in [0.15, 0.2) is 11.5 Å². The number of benzene rings is 3. The molecule has 0 saturated heterocycles. The molecule has 242 valence electrons. The maximum absolute atomic E-state index is 14.4. The minimum absolute atomic E-state index is 0.0622. The SMILES string of the molecule is CCC(C(=O)NC1CCCCC1)N(Cc1cccc(C)c1)C(=O)CN(c1ccc(Cl)cc1)S(=O)(=O)c1ccc(OC)c(OC)c1. The molecule has 1 unspecified atom stereocenters. The van der Waals surface area contributed by atoms with Crippen LogP contribution in [0.2, 0.25) is 5.02 Å². The summed E-state index contributed by atoms with van der Waals surface area (Å²) in [6.07, 6.45) is 5.43. The van der Waals surface area contributed by atoms with Gasteiger partial charge in [-0.1, -0.05) is 67.6 Å². The Labute approximate surface area is 271 Å². The van der Waals surface area contributed by atoms with Gasteiger partial charge in [0.1, 0.15) is 12.6 Å². The molecule has 4 rings (SSSR count). The van der Waals surface area contributed by atoms with Crippen molar-refractivity contribution in [2.24, 2.45) is 0 Å². The molecule has 1 atom stereocenters. The molecule has 1 saturated carbocycles. The summed E-state index contributed by atoms with van der Waals surface area (Å²) in [5.74, 6) is -0.149. The molecule has 0 aromatic heterocycles. The molecule has 0 bridgehead atoms. The number of ether oxygens (including phenoxy) is 2. The number of aryl methyl sites for hydroxylation is 1. The fourth-order valence-corrected chi connectivity index (χ4v) is 7.27. The van der Waals surface area contributed by atoms with Crippen molar-refractivity contribution in [3.63, 3.8) is 0 Å². The van der Waals surface area contributed by atoms with Gasteiger partial charge in [0.25, 0.3) is 10.0 Å². The van der Waals surface area contributed by atoms with Gasteiger partial charge in [0.2, 0.25) is 11.8 Å². The second kappa shape index (κ2) is 15.5. The van der Waals surface area contributed by atoms with Crippen molar-refractivity contribution in [1.82, 2.24) is 10.2 Å². The lowest BCUT2D eigenvalue weighted by Gasteiger charge is -2.34. The first-order valence-electron chi connectivity index (χ1n) is 15.2. The van der Waals surface area contributed by atoms with Crippen molar-refractivity contribution in [2.45, 2.75) is 75.9 Å². The minimum Gasteiger partial charge on any atom is -0.493 e. The highest BCUT2D eigenvalue weighted by Gasteiger charge is 2.35. The highest BCUT2D eigenvalue weighted by Crippen LogP contribution is 2.33. The van der Waals surface area contributed by atoms with Crippen LogP contribution in [-0.2, 0) is 26.2 Å². The number of rotatable bonds is 13. The fourth-order valence-electron chi connectivity index (χ4n) is 5.71. The Morgan fingerprint density at radius 2 is 1.64 bits per heavy atom. The zero-order chi connectivity index (χ0) is 32.6. The van der Waals surface area contributed by atoms with Crippen molar-refractivity contribution in [2.75, 3.05) is 25.1 Å². The number of hydrogen-bond donors (Lipinski definition) is 1. The number of amides is 2. The maximum Gasteiger partial charge on any atom is 0.264 e. The third kappa shape index (κ3) is 8.49. The average molecular weight is 656 g/mol. The molecule has 1 fully saturated rings. The Bertz CT molecular complexity index is 1570. The van der Waals surface area contributed by atoms with Crippen LogP contribution in [0.4, 0.5) is 5.69 Å². The number of nitrogens with zero attached hydrogens (tertiary/aromatic N) is 2. The molecule has 0 aliphatic heterocycles. The lowest BCUT2D eigenvalue weighted by atomic mass is 9.95. The normalized spacial score (nSPS) is 14.3. The first-order valence-corrected chi connectivity index (χ1v) is 17.0. The summed E-state index contributed by atoms with van der Waals surface area (Å²) in [5, 5.41) is 3.58. The standard InChI is InChI=1S/C34H42ClN3O6S/c1-5-30(34(40)36-27-12-7-6-8-13-27)37(22-25-11-9-10-24(2)20-25)33(39)23-38(28-16-14-26(35)15-17-28)45(41,42)29-18-19-31(43-3)32(21-29)44-4/h9-11,14-21,27,30H,5-8,12-13,22-23H2,1-4H3,(H,36,40). The van der Waals surface area contributed by atoms with Crippen molar-refractivity contribution in [3.8, 4) is 11.5 Å². The van der Waals surface area contributed by atoms with Gasteiger partial charge in [0, 0.05) is 23.7 Å². The summed E-state index contributed by atoms with van der Waals surface area (Å²) < 4.78 is 40.2. The molecule has 3 aromatic carbocycles. The first-order chi connectivity index (χ1) is 21.6. The van der Waals surface area contributed by atoms with E-state index in [0.717, 1.165) is 47.5 Å². The van der Waals surface area contributed by atoms with Crippen molar-refractivity contribution in [3.05, 3.63) is 82.9 Å². The molecular formula is C34H42ClN3O6S. The number of nitrogens with one attached hydrogen (secondary N) is 1. The van der Waals surface area contributed by atoms with Gasteiger partial charge in [-0.25, -0.2) is 8.42 Å². The lowest BCUT2D eigenvalue weighted by molar-refractivity contribution is -0.140. The van der Waals surface area contributed by atoms with Crippen LogP contribution in [-0.4, -0.2) is 58.0 Å². The van der Waals surface area contributed by atoms with Gasteiger partial charge >= 0.3 is 0 Å². The van der Waals surface area contributed by atoms with Crippen LogP contribution < -0.4 is 19.1 Å². The van der Waals surface area contributed by atoms with E-state index in [1.165, 1.54) is 37.3 Å². The van der Waals surface area contributed by atoms with Crippen LogP contribution in [0.15, 0.2) is 71.6 Å². The van der Waals surface area contributed by atoms with E-state index in [1.807, 2.05) is 38.1 Å². The van der Waals surface area contributed by atoms with Crippen LogP contribution in [0.5, 0.6) is 11.5 Å². The quantitative estimate of drug-likeness (QED) is 0.238. The number of carbonyl (C=O) groups excluding carboxylic acids is 2. The first kappa shape index (κ1) is 34.1. The van der Waals surface area contributed by atoms with Gasteiger partial charge in [0.05, 0.1) is 24.8 Å². The number of methoxy groups -OCH3 is 2. The molecule has 0 radical (unpaired) electrons. The zero-order valence-electron chi connectivity index (χ0n) is 26.3. The van der Waals surface area contributed by atoms with Crippen molar-refractivity contribution < 1.29 is 27.5 Å². The topological polar surface area (TPSA) is 105 Å². The predicted molar refractivity (Wildman–Crippen MR) is 176 cm³/mol. The maximum atomic E-state index is 14.4. The second-order valence-electron chi connectivity index (χ2n) is 11.3. The second-order valence-corrected chi connectivity index (χ2v) is 13.6. The summed E-state index contributed by atoms with van der Waals surface area (Å²) in [6.45, 7) is 3.42. The highest BCUT2D eigenvalue weighted by atomic mass is 35.5. The predicted octanol–water partition coefficient (Wildman–Crippen LogP) is 6.12. The Morgan fingerprint density at radius 3 is 2.27 bits per heavy atom. The van der Waals surface area contributed by atoms with E-state index in [-0.39, 0.29) is 34.8 Å². The van der Waals surface area contributed by atoms with E-state index >= 15 is 0 Å². The number of hydrogen-bond acceptors (Lipinski definition) is 6.